The Hall–Kier alpha value is -0.240. The molecule has 0 aliphatic carbocycles. The predicted octanol–water partition coefficient (Wildman–Crippen LogP) is 0.401. The van der Waals surface area contributed by atoms with Crippen molar-refractivity contribution in [2.75, 3.05) is 13.2 Å². The molecule has 19 heavy (non-hydrogen) atoms. The van der Waals surface area contributed by atoms with Crippen molar-refractivity contribution in [2.45, 2.75) is 70.1 Å². The number of hydrogen-bond donors (Lipinski definition) is 2. The van der Waals surface area contributed by atoms with Crippen LogP contribution >= 0.6 is 0 Å². The van der Waals surface area contributed by atoms with E-state index in [1.165, 1.54) is 0 Å². The maximum Gasteiger partial charge on any atom is 0.164 e. The number of rotatable bonds is 2. The normalized spacial score (nSPS) is 42.5. The highest BCUT2D eigenvalue weighted by Gasteiger charge is 2.59. The molecule has 0 aromatic rings. The van der Waals surface area contributed by atoms with Crippen LogP contribution in [0, 0.1) is 0 Å². The quantitative estimate of drug-likeness (QED) is 0.760. The van der Waals surface area contributed by atoms with E-state index in [9.17, 15) is 10.2 Å². The van der Waals surface area contributed by atoms with Gasteiger partial charge in [0.1, 0.15) is 23.9 Å². The molecule has 2 saturated heterocycles. The Morgan fingerprint density at radius 3 is 2.32 bits per heavy atom. The molecule has 2 fully saturated rings. The summed E-state index contributed by atoms with van der Waals surface area (Å²) < 4.78 is 23.2. The Balaban J connectivity index is 2.32. The van der Waals surface area contributed by atoms with Crippen molar-refractivity contribution in [1.29, 1.82) is 0 Å². The van der Waals surface area contributed by atoms with E-state index in [1.54, 1.807) is 27.7 Å². The topological polar surface area (TPSA) is 77.4 Å². The molecule has 6 nitrogen and oxygen atoms in total. The van der Waals surface area contributed by atoms with Crippen LogP contribution < -0.4 is 0 Å². The number of hydrogen-bond acceptors (Lipinski definition) is 6. The van der Waals surface area contributed by atoms with Crippen LogP contribution in [0.3, 0.4) is 0 Å². The third-order valence-electron chi connectivity index (χ3n) is 3.63. The number of aliphatic hydroxyl groups is 2. The third-order valence-corrected chi connectivity index (χ3v) is 3.63. The Morgan fingerprint density at radius 1 is 1.11 bits per heavy atom. The van der Waals surface area contributed by atoms with Crippen LogP contribution in [0.1, 0.15) is 34.6 Å². The Kier molecular flexibility index (Phi) is 3.71. The minimum Gasteiger partial charge on any atom is -0.394 e. The average Bonchev–Trinajstić information content (AvgIpc) is 2.27. The second-order valence-electron chi connectivity index (χ2n) is 6.29. The van der Waals surface area contributed by atoms with Crippen LogP contribution in [0.4, 0.5) is 0 Å². The number of aliphatic hydroxyl groups excluding tert-OH is 2. The highest BCUT2D eigenvalue weighted by Crippen LogP contribution is 2.43. The van der Waals surface area contributed by atoms with Crippen molar-refractivity contribution in [2.24, 2.45) is 0 Å². The average molecular weight is 276 g/mol. The summed E-state index contributed by atoms with van der Waals surface area (Å²) in [4.78, 5) is 0. The summed E-state index contributed by atoms with van der Waals surface area (Å²) in [5.74, 6) is -1.65. The Bertz CT molecular complexity index is 342. The molecule has 2 aliphatic heterocycles. The summed E-state index contributed by atoms with van der Waals surface area (Å²) in [7, 11) is 0. The monoisotopic (exact) mass is 276 g/mol. The van der Waals surface area contributed by atoms with Gasteiger partial charge in [-0.15, -0.1) is 0 Å². The van der Waals surface area contributed by atoms with E-state index in [0.29, 0.717) is 6.61 Å². The molecule has 0 spiro atoms. The van der Waals surface area contributed by atoms with Crippen molar-refractivity contribution in [1.82, 2.24) is 0 Å². The van der Waals surface area contributed by atoms with Crippen LogP contribution in [0.5, 0.6) is 0 Å². The highest BCUT2D eigenvalue weighted by atomic mass is 16.8. The van der Waals surface area contributed by atoms with E-state index in [1.807, 2.05) is 6.92 Å². The molecule has 2 N–H and O–H groups in total. The zero-order valence-corrected chi connectivity index (χ0v) is 12.2. The van der Waals surface area contributed by atoms with Crippen molar-refractivity contribution >= 4 is 0 Å². The van der Waals surface area contributed by atoms with E-state index in [-0.39, 0.29) is 6.10 Å². The zero-order chi connectivity index (χ0) is 14.5. The molecule has 112 valence electrons. The first-order chi connectivity index (χ1) is 8.60. The Labute approximate surface area is 113 Å². The predicted molar refractivity (Wildman–Crippen MR) is 66.4 cm³/mol. The molecule has 0 saturated carbocycles. The summed E-state index contributed by atoms with van der Waals surface area (Å²) in [5, 5.41) is 19.3. The van der Waals surface area contributed by atoms with Gasteiger partial charge >= 0.3 is 0 Å². The van der Waals surface area contributed by atoms with Gasteiger partial charge in [-0.1, -0.05) is 0 Å². The van der Waals surface area contributed by atoms with Gasteiger partial charge in [0.25, 0.3) is 0 Å². The smallest absolute Gasteiger partial charge is 0.164 e. The van der Waals surface area contributed by atoms with Crippen LogP contribution in [0.2, 0.25) is 0 Å². The second-order valence-corrected chi connectivity index (χ2v) is 6.29. The van der Waals surface area contributed by atoms with Gasteiger partial charge in [-0.25, -0.2) is 0 Å². The molecule has 2 rings (SSSR count). The van der Waals surface area contributed by atoms with Crippen molar-refractivity contribution < 1.29 is 29.2 Å². The summed E-state index contributed by atoms with van der Waals surface area (Å²) in [6, 6.07) is 0. The lowest BCUT2D eigenvalue weighted by Gasteiger charge is -2.57. The fourth-order valence-corrected chi connectivity index (χ4v) is 2.81. The van der Waals surface area contributed by atoms with E-state index in [2.05, 4.69) is 0 Å². The van der Waals surface area contributed by atoms with Crippen LogP contribution in [0.25, 0.3) is 0 Å². The lowest BCUT2D eigenvalue weighted by Crippen LogP contribution is -2.71. The lowest BCUT2D eigenvalue weighted by molar-refractivity contribution is -0.445. The third kappa shape index (κ3) is 2.79. The minimum atomic E-state index is -1.04. The van der Waals surface area contributed by atoms with Gasteiger partial charge < -0.3 is 29.2 Å². The molecule has 0 bridgehead atoms. The van der Waals surface area contributed by atoms with Crippen LogP contribution in [0.15, 0.2) is 0 Å². The molecule has 0 amide bonds. The van der Waals surface area contributed by atoms with E-state index >= 15 is 0 Å². The number of ether oxygens (including phenoxy) is 4. The minimum absolute atomic E-state index is 0.352. The van der Waals surface area contributed by atoms with Gasteiger partial charge in [0, 0.05) is 0 Å². The molecule has 6 heteroatoms. The van der Waals surface area contributed by atoms with Gasteiger partial charge in [0.2, 0.25) is 0 Å². The molecular weight excluding hydrogens is 252 g/mol. The van der Waals surface area contributed by atoms with Gasteiger partial charge in [0.15, 0.2) is 11.6 Å². The Morgan fingerprint density at radius 2 is 1.74 bits per heavy atom. The lowest BCUT2D eigenvalue weighted by atomic mass is 9.85. The highest BCUT2D eigenvalue weighted by molar-refractivity contribution is 5.03. The van der Waals surface area contributed by atoms with Gasteiger partial charge in [-0.2, -0.15) is 0 Å². The summed E-state index contributed by atoms with van der Waals surface area (Å²) in [5.41, 5.74) is -0.876. The first kappa shape index (κ1) is 15.2. The molecule has 4 atom stereocenters. The molecule has 0 aromatic heterocycles. The standard InChI is InChI=1S/C13H24O6/c1-11(2)16-7-9-13(5,19-11)10(8(15)6-14)18-12(3,4)17-9/h8-10,14-15H,6-7H2,1-5H3/t8-,9?,10+,13+/m1/s1. The van der Waals surface area contributed by atoms with Crippen molar-refractivity contribution in [3.63, 3.8) is 0 Å². The van der Waals surface area contributed by atoms with Crippen molar-refractivity contribution in [3.05, 3.63) is 0 Å². The summed E-state index contributed by atoms with van der Waals surface area (Å²) >= 11 is 0. The molecule has 0 aromatic carbocycles. The van der Waals surface area contributed by atoms with Crippen LogP contribution in [-0.4, -0.2) is 58.9 Å². The molecule has 2 aliphatic rings. The molecule has 2 heterocycles. The van der Waals surface area contributed by atoms with E-state index in [0.717, 1.165) is 0 Å². The van der Waals surface area contributed by atoms with Gasteiger partial charge in [-0.3, -0.25) is 0 Å². The van der Waals surface area contributed by atoms with Gasteiger partial charge in [-0.05, 0) is 34.6 Å². The first-order valence-corrected chi connectivity index (χ1v) is 6.58. The first-order valence-electron chi connectivity index (χ1n) is 6.58. The second kappa shape index (κ2) is 4.65. The number of fused-ring (bicyclic) bond motifs is 1. The van der Waals surface area contributed by atoms with Crippen LogP contribution in [-0.2, 0) is 18.9 Å². The largest absolute Gasteiger partial charge is 0.394 e. The summed E-state index contributed by atoms with van der Waals surface area (Å²) in [6.07, 6.45) is -2.09. The maximum absolute atomic E-state index is 10.0. The van der Waals surface area contributed by atoms with Crippen molar-refractivity contribution in [3.8, 4) is 0 Å². The fourth-order valence-electron chi connectivity index (χ4n) is 2.81. The fraction of sp³-hybridized carbons (Fsp3) is 1.00. The molecule has 1 unspecified atom stereocenters. The maximum atomic E-state index is 10.0. The zero-order valence-electron chi connectivity index (χ0n) is 12.2. The molecule has 0 radical (unpaired) electrons. The van der Waals surface area contributed by atoms with E-state index < -0.39 is 36.0 Å². The molecular formula is C13H24O6. The SMILES string of the molecule is CC1(C)OC2COC(C)(C)O[C@]2(C)[C@H]([C@H](O)CO)O1. The van der Waals surface area contributed by atoms with E-state index in [4.69, 9.17) is 18.9 Å². The van der Waals surface area contributed by atoms with Gasteiger partial charge in [0.05, 0.1) is 13.2 Å². The summed E-state index contributed by atoms with van der Waals surface area (Å²) in [6.45, 7) is 8.92.